The Morgan fingerprint density at radius 3 is 2.74 bits per heavy atom. The summed E-state index contributed by atoms with van der Waals surface area (Å²) in [5.74, 6) is 0. The summed E-state index contributed by atoms with van der Waals surface area (Å²) < 4.78 is 24.6. The van der Waals surface area contributed by atoms with Gasteiger partial charge >= 0.3 is 0 Å². The molecule has 0 radical (unpaired) electrons. The maximum Gasteiger partial charge on any atom is 0.238 e. The van der Waals surface area contributed by atoms with E-state index in [2.05, 4.69) is 4.98 Å². The van der Waals surface area contributed by atoms with Gasteiger partial charge in [0.2, 0.25) is 10.0 Å². The van der Waals surface area contributed by atoms with Gasteiger partial charge in [0, 0.05) is 11.8 Å². The average molecular weight is 273 g/mol. The Hall–Kier alpha value is -2.18. The first-order chi connectivity index (χ1) is 9.05. The number of aromatic nitrogens is 2. The molecule has 0 fully saturated rings. The maximum absolute atomic E-state index is 11.4. The van der Waals surface area contributed by atoms with Gasteiger partial charge in [0.25, 0.3) is 0 Å². The van der Waals surface area contributed by atoms with Gasteiger partial charge in [-0.05, 0) is 24.3 Å². The van der Waals surface area contributed by atoms with Crippen LogP contribution in [-0.4, -0.2) is 17.8 Å². The molecule has 6 heteroatoms. The van der Waals surface area contributed by atoms with Crippen LogP contribution in [0.1, 0.15) is 0 Å². The second kappa shape index (κ2) is 4.18. The normalized spacial score (nSPS) is 11.8. The summed E-state index contributed by atoms with van der Waals surface area (Å²) in [6, 6.07) is 12.2. The molecule has 0 saturated carbocycles. The third kappa shape index (κ3) is 2.11. The molecule has 5 nitrogen and oxygen atoms in total. The van der Waals surface area contributed by atoms with Crippen molar-refractivity contribution in [2.24, 2.45) is 5.14 Å². The number of nitrogens with two attached hydrogens (primary N) is 1. The van der Waals surface area contributed by atoms with E-state index in [0.717, 1.165) is 16.9 Å². The van der Waals surface area contributed by atoms with Crippen LogP contribution in [0.3, 0.4) is 0 Å². The highest BCUT2D eigenvalue weighted by molar-refractivity contribution is 7.89. The van der Waals surface area contributed by atoms with E-state index < -0.39 is 10.0 Å². The predicted molar refractivity (Wildman–Crippen MR) is 72.0 cm³/mol. The van der Waals surface area contributed by atoms with Crippen molar-refractivity contribution in [2.45, 2.75) is 4.90 Å². The first-order valence-corrected chi connectivity index (χ1v) is 7.16. The predicted octanol–water partition coefficient (Wildman–Crippen LogP) is 1.65. The third-order valence-corrected chi connectivity index (χ3v) is 3.79. The minimum Gasteiger partial charge on any atom is -0.300 e. The van der Waals surface area contributed by atoms with Gasteiger partial charge in [-0.3, -0.25) is 4.40 Å². The first kappa shape index (κ1) is 11.9. The second-order valence-electron chi connectivity index (χ2n) is 4.15. The van der Waals surface area contributed by atoms with Gasteiger partial charge in [0.05, 0.1) is 16.8 Å². The highest BCUT2D eigenvalue weighted by Crippen LogP contribution is 2.22. The Balaban J connectivity index is 2.22. The number of fused-ring (bicyclic) bond motifs is 1. The zero-order valence-corrected chi connectivity index (χ0v) is 10.7. The van der Waals surface area contributed by atoms with Gasteiger partial charge in [-0.25, -0.2) is 18.5 Å². The quantitative estimate of drug-likeness (QED) is 0.771. The van der Waals surface area contributed by atoms with Crippen molar-refractivity contribution in [3.05, 3.63) is 54.9 Å². The number of imidazole rings is 1. The average Bonchev–Trinajstić information content (AvgIpc) is 2.82. The molecule has 96 valence electrons. The largest absolute Gasteiger partial charge is 0.300 e. The minimum absolute atomic E-state index is 0.0934. The lowest BCUT2D eigenvalue weighted by molar-refractivity contribution is 0.598. The van der Waals surface area contributed by atoms with Crippen molar-refractivity contribution >= 4 is 15.7 Å². The zero-order chi connectivity index (χ0) is 13.5. The minimum atomic E-state index is -3.70. The van der Waals surface area contributed by atoms with E-state index in [1.165, 1.54) is 6.07 Å². The summed E-state index contributed by atoms with van der Waals surface area (Å²) in [5, 5.41) is 5.14. The molecule has 3 aromatic rings. The molecule has 1 aromatic carbocycles. The van der Waals surface area contributed by atoms with E-state index in [1.54, 1.807) is 18.3 Å². The highest BCUT2D eigenvalue weighted by Gasteiger charge is 2.11. The summed E-state index contributed by atoms with van der Waals surface area (Å²) in [5.41, 5.74) is 2.38. The fourth-order valence-electron chi connectivity index (χ4n) is 1.98. The molecular weight excluding hydrogens is 262 g/mol. The topological polar surface area (TPSA) is 77.5 Å². The van der Waals surface area contributed by atoms with Crippen molar-refractivity contribution in [1.82, 2.24) is 9.38 Å². The Bertz CT molecular complexity index is 853. The Kier molecular flexibility index (Phi) is 2.62. The second-order valence-corrected chi connectivity index (χ2v) is 5.71. The first-order valence-electron chi connectivity index (χ1n) is 5.61. The molecular formula is C13H11N3O2S. The molecule has 2 heterocycles. The fourth-order valence-corrected chi connectivity index (χ4v) is 2.54. The Labute approximate surface area is 110 Å². The lowest BCUT2D eigenvalue weighted by atomic mass is 10.2. The maximum atomic E-state index is 11.4. The van der Waals surface area contributed by atoms with E-state index in [4.69, 9.17) is 5.14 Å². The summed E-state index contributed by atoms with van der Waals surface area (Å²) in [7, 11) is -3.70. The number of rotatable bonds is 2. The monoisotopic (exact) mass is 273 g/mol. The fraction of sp³-hybridized carbons (Fsp3) is 0. The summed E-state index contributed by atoms with van der Waals surface area (Å²) in [6.45, 7) is 0. The van der Waals surface area contributed by atoms with Gasteiger partial charge in [0.15, 0.2) is 0 Å². The molecule has 0 saturated heterocycles. The number of sulfonamides is 1. The van der Waals surface area contributed by atoms with E-state index >= 15 is 0 Å². The summed E-state index contributed by atoms with van der Waals surface area (Å²) >= 11 is 0. The standard InChI is InChI=1S/C13H11N3O2S/c14-19(17,18)11-5-3-4-10(8-11)12-9-15-13-6-1-2-7-16(12)13/h1-9H,(H2,14,17,18). The van der Waals surface area contributed by atoms with Crippen molar-refractivity contribution in [2.75, 3.05) is 0 Å². The van der Waals surface area contributed by atoms with Crippen molar-refractivity contribution in [3.8, 4) is 11.3 Å². The molecule has 19 heavy (non-hydrogen) atoms. The van der Waals surface area contributed by atoms with Crippen LogP contribution < -0.4 is 5.14 Å². The van der Waals surface area contributed by atoms with Crippen LogP contribution in [0.4, 0.5) is 0 Å². The van der Waals surface area contributed by atoms with Gasteiger partial charge in [-0.2, -0.15) is 0 Å². The van der Waals surface area contributed by atoms with E-state index in [-0.39, 0.29) is 4.90 Å². The molecule has 0 amide bonds. The van der Waals surface area contributed by atoms with E-state index in [9.17, 15) is 8.42 Å². The number of primary sulfonamides is 1. The molecule has 0 aliphatic heterocycles. The molecule has 0 unspecified atom stereocenters. The van der Waals surface area contributed by atoms with Gasteiger partial charge in [0.1, 0.15) is 5.65 Å². The summed E-state index contributed by atoms with van der Waals surface area (Å²) in [6.07, 6.45) is 3.58. The molecule has 0 aliphatic rings. The smallest absolute Gasteiger partial charge is 0.238 e. The van der Waals surface area contributed by atoms with Crippen LogP contribution in [0, 0.1) is 0 Å². The van der Waals surface area contributed by atoms with Crippen molar-refractivity contribution in [3.63, 3.8) is 0 Å². The SMILES string of the molecule is NS(=O)(=O)c1cccc(-c2cnc3ccccn23)c1. The molecule has 3 rings (SSSR count). The highest BCUT2D eigenvalue weighted by atomic mass is 32.2. The van der Waals surface area contributed by atoms with Gasteiger partial charge in [-0.15, -0.1) is 0 Å². The molecule has 0 atom stereocenters. The van der Waals surface area contributed by atoms with Crippen LogP contribution >= 0.6 is 0 Å². The van der Waals surface area contributed by atoms with Crippen LogP contribution in [0.15, 0.2) is 59.8 Å². The van der Waals surface area contributed by atoms with E-state index in [0.29, 0.717) is 0 Å². The van der Waals surface area contributed by atoms with Gasteiger partial charge in [-0.1, -0.05) is 18.2 Å². The number of nitrogens with zero attached hydrogens (tertiary/aromatic N) is 2. The Morgan fingerprint density at radius 2 is 1.95 bits per heavy atom. The molecule has 2 aromatic heterocycles. The molecule has 0 aliphatic carbocycles. The number of pyridine rings is 1. The zero-order valence-electron chi connectivity index (χ0n) is 9.89. The lowest BCUT2D eigenvalue weighted by Gasteiger charge is -2.04. The molecule has 0 bridgehead atoms. The van der Waals surface area contributed by atoms with Crippen LogP contribution in [0.25, 0.3) is 16.9 Å². The third-order valence-electron chi connectivity index (χ3n) is 2.88. The molecule has 0 spiro atoms. The van der Waals surface area contributed by atoms with E-state index in [1.807, 2.05) is 34.9 Å². The number of hydrogen-bond donors (Lipinski definition) is 1. The van der Waals surface area contributed by atoms with Crippen LogP contribution in [0.5, 0.6) is 0 Å². The summed E-state index contributed by atoms with van der Waals surface area (Å²) in [4.78, 5) is 4.36. The number of hydrogen-bond acceptors (Lipinski definition) is 3. The van der Waals surface area contributed by atoms with Gasteiger partial charge < -0.3 is 0 Å². The Morgan fingerprint density at radius 1 is 1.11 bits per heavy atom. The van der Waals surface area contributed by atoms with Crippen LogP contribution in [0.2, 0.25) is 0 Å². The van der Waals surface area contributed by atoms with Crippen LogP contribution in [-0.2, 0) is 10.0 Å². The molecule has 2 N–H and O–H groups in total. The lowest BCUT2D eigenvalue weighted by Crippen LogP contribution is -2.11. The van der Waals surface area contributed by atoms with Crippen molar-refractivity contribution < 1.29 is 8.42 Å². The number of benzene rings is 1. The van der Waals surface area contributed by atoms with Crippen molar-refractivity contribution in [1.29, 1.82) is 0 Å².